The van der Waals surface area contributed by atoms with Gasteiger partial charge in [-0.05, 0) is 85.9 Å². The summed E-state index contributed by atoms with van der Waals surface area (Å²) in [4.78, 5) is 0. The van der Waals surface area contributed by atoms with Gasteiger partial charge in [0.25, 0.3) is 0 Å². The van der Waals surface area contributed by atoms with Crippen molar-refractivity contribution >= 4 is 0 Å². The van der Waals surface area contributed by atoms with Crippen LogP contribution in [0.25, 0.3) is 0 Å². The maximum Gasteiger partial charge on any atom is 0.417 e. The van der Waals surface area contributed by atoms with Crippen molar-refractivity contribution in [1.82, 2.24) is 0 Å². The van der Waals surface area contributed by atoms with Crippen LogP contribution < -0.4 is 0 Å². The molecule has 4 fully saturated rings. The van der Waals surface area contributed by atoms with Gasteiger partial charge in [0.05, 0.1) is 0 Å². The van der Waals surface area contributed by atoms with Crippen LogP contribution in [-0.4, -0.2) is 28.6 Å². The molecule has 0 saturated heterocycles. The zero-order valence-electron chi connectivity index (χ0n) is 16.0. The third-order valence-electron chi connectivity index (χ3n) is 9.48. The molecule has 0 spiro atoms. The minimum absolute atomic E-state index is 0.0936. The van der Waals surface area contributed by atoms with Gasteiger partial charge in [0, 0.05) is 12.5 Å². The molecule has 0 amide bonds. The summed E-state index contributed by atoms with van der Waals surface area (Å²) in [5.41, 5.74) is -2.48. The maximum atomic E-state index is 13.6. The molecule has 0 aliphatic heterocycles. The first-order valence-electron chi connectivity index (χ1n) is 10.5. The van der Waals surface area contributed by atoms with Gasteiger partial charge in [-0.1, -0.05) is 20.3 Å². The molecule has 0 bridgehead atoms. The number of alkyl halides is 3. The predicted molar refractivity (Wildman–Crippen MR) is 93.3 cm³/mol. The molecule has 4 saturated carbocycles. The Bertz CT molecular complexity index is 564. The zero-order valence-corrected chi connectivity index (χ0v) is 16.0. The molecular weight excluding hydrogens is 341 g/mol. The molecule has 4 aliphatic carbocycles. The normalized spacial score (nSPS) is 54.3. The van der Waals surface area contributed by atoms with E-state index in [4.69, 9.17) is 0 Å². The lowest BCUT2D eigenvalue weighted by Gasteiger charge is -2.63. The SMILES string of the molecule is C[C@@]12CCC[C@H]1[C@@H]1CCC3CC(O)(C(F)(F)F)C(CO)C[C@]3(C)[C@@H]1CC2. The Morgan fingerprint density at radius 3 is 2.35 bits per heavy atom. The monoisotopic (exact) mass is 374 g/mol. The van der Waals surface area contributed by atoms with Crippen LogP contribution in [0, 0.1) is 40.4 Å². The smallest absolute Gasteiger partial charge is 0.396 e. The lowest BCUT2D eigenvalue weighted by molar-refractivity contribution is -0.314. The number of aliphatic hydroxyl groups is 2. The molecule has 4 aliphatic rings. The van der Waals surface area contributed by atoms with Gasteiger partial charge in [-0.3, -0.25) is 0 Å². The molecule has 0 aromatic rings. The van der Waals surface area contributed by atoms with E-state index in [0.29, 0.717) is 23.7 Å². The second kappa shape index (κ2) is 5.85. The van der Waals surface area contributed by atoms with Crippen LogP contribution in [0.4, 0.5) is 13.2 Å². The highest BCUT2D eigenvalue weighted by atomic mass is 19.4. The van der Waals surface area contributed by atoms with Crippen molar-refractivity contribution in [2.75, 3.05) is 6.61 Å². The maximum absolute atomic E-state index is 13.6. The average Bonchev–Trinajstić information content (AvgIpc) is 2.95. The van der Waals surface area contributed by atoms with E-state index in [1.165, 1.54) is 25.7 Å². The molecule has 0 radical (unpaired) electrons. The Morgan fingerprint density at radius 1 is 0.962 bits per heavy atom. The van der Waals surface area contributed by atoms with Crippen molar-refractivity contribution in [1.29, 1.82) is 0 Å². The Hall–Kier alpha value is -0.290. The molecule has 3 unspecified atom stereocenters. The molecule has 5 heteroatoms. The van der Waals surface area contributed by atoms with Gasteiger partial charge in [-0.25, -0.2) is 0 Å². The molecule has 2 N–H and O–H groups in total. The van der Waals surface area contributed by atoms with Gasteiger partial charge < -0.3 is 10.2 Å². The first kappa shape index (κ1) is 19.0. The first-order chi connectivity index (χ1) is 12.1. The van der Waals surface area contributed by atoms with Gasteiger partial charge in [-0.15, -0.1) is 0 Å². The largest absolute Gasteiger partial charge is 0.417 e. The summed E-state index contributed by atoms with van der Waals surface area (Å²) in [7, 11) is 0. The van der Waals surface area contributed by atoms with Gasteiger partial charge in [0.2, 0.25) is 0 Å². The van der Waals surface area contributed by atoms with Crippen molar-refractivity contribution in [3.05, 3.63) is 0 Å². The summed E-state index contributed by atoms with van der Waals surface area (Å²) in [5, 5.41) is 20.2. The number of hydrogen-bond acceptors (Lipinski definition) is 2. The Labute approximate surface area is 154 Å². The van der Waals surface area contributed by atoms with E-state index in [1.807, 2.05) is 0 Å². The number of rotatable bonds is 1. The first-order valence-corrected chi connectivity index (χ1v) is 10.5. The van der Waals surface area contributed by atoms with Crippen LogP contribution in [0.2, 0.25) is 0 Å². The van der Waals surface area contributed by atoms with Gasteiger partial charge in [-0.2, -0.15) is 13.2 Å². The van der Waals surface area contributed by atoms with Crippen molar-refractivity contribution in [2.45, 2.75) is 83.4 Å². The highest BCUT2D eigenvalue weighted by Gasteiger charge is 2.67. The fourth-order valence-corrected chi connectivity index (χ4v) is 7.99. The van der Waals surface area contributed by atoms with Crippen molar-refractivity contribution in [3.8, 4) is 0 Å². The number of fused-ring (bicyclic) bond motifs is 5. The third kappa shape index (κ3) is 2.45. The van der Waals surface area contributed by atoms with E-state index in [0.717, 1.165) is 25.2 Å². The third-order valence-corrected chi connectivity index (χ3v) is 9.48. The van der Waals surface area contributed by atoms with Crippen LogP contribution in [-0.2, 0) is 0 Å². The van der Waals surface area contributed by atoms with Crippen LogP contribution in [0.3, 0.4) is 0 Å². The summed E-state index contributed by atoms with van der Waals surface area (Å²) in [6.07, 6.45) is 3.36. The fourth-order valence-electron chi connectivity index (χ4n) is 7.99. The van der Waals surface area contributed by atoms with E-state index >= 15 is 0 Å². The average molecular weight is 374 g/mol. The number of halogens is 3. The molecule has 4 rings (SSSR count). The van der Waals surface area contributed by atoms with E-state index in [2.05, 4.69) is 13.8 Å². The van der Waals surface area contributed by atoms with Gasteiger partial charge in [0.15, 0.2) is 5.60 Å². The quantitative estimate of drug-likeness (QED) is 0.683. The van der Waals surface area contributed by atoms with Crippen molar-refractivity contribution < 1.29 is 23.4 Å². The van der Waals surface area contributed by atoms with Crippen molar-refractivity contribution in [3.63, 3.8) is 0 Å². The molecule has 0 aromatic heterocycles. The lowest BCUT2D eigenvalue weighted by atomic mass is 9.43. The van der Waals surface area contributed by atoms with Crippen LogP contribution in [0.1, 0.15) is 71.6 Å². The molecule has 26 heavy (non-hydrogen) atoms. The standard InChI is InChI=1S/C21H33F3O2/c1-18-8-3-4-16(18)15-6-5-13-11-20(26,21(22,23)24)14(12-25)10-19(13,2)17(15)7-9-18/h13-17,25-26H,3-12H2,1-2H3/t13?,14?,15-,16-,17+,18-,19-,20?/m0/s1. The molecule has 8 atom stereocenters. The summed E-state index contributed by atoms with van der Waals surface area (Å²) >= 11 is 0. The molecule has 150 valence electrons. The zero-order chi connectivity index (χ0) is 19.0. The second-order valence-corrected chi connectivity index (χ2v) is 10.5. The second-order valence-electron chi connectivity index (χ2n) is 10.5. The lowest BCUT2D eigenvalue weighted by Crippen LogP contribution is -2.63. The molecular formula is C21H33F3O2. The fraction of sp³-hybridized carbons (Fsp3) is 1.00. The highest BCUT2D eigenvalue weighted by Crippen LogP contribution is 2.68. The van der Waals surface area contributed by atoms with E-state index < -0.39 is 24.3 Å². The van der Waals surface area contributed by atoms with Crippen molar-refractivity contribution in [2.24, 2.45) is 40.4 Å². The number of hydrogen-bond donors (Lipinski definition) is 2. The summed E-state index contributed by atoms with van der Waals surface area (Å²) in [5.74, 6) is 0.594. The predicted octanol–water partition coefficient (Wildman–Crippen LogP) is 4.93. The molecule has 0 aromatic carbocycles. The Kier molecular flexibility index (Phi) is 4.29. The van der Waals surface area contributed by atoms with Gasteiger partial charge in [0.1, 0.15) is 0 Å². The topological polar surface area (TPSA) is 40.5 Å². The summed E-state index contributed by atoms with van der Waals surface area (Å²) in [6, 6.07) is 0. The van der Waals surface area contributed by atoms with Gasteiger partial charge >= 0.3 is 6.18 Å². The Balaban J connectivity index is 1.65. The minimum Gasteiger partial charge on any atom is -0.396 e. The van der Waals surface area contributed by atoms with Crippen LogP contribution in [0.5, 0.6) is 0 Å². The molecule has 0 heterocycles. The van der Waals surface area contributed by atoms with E-state index in [9.17, 15) is 23.4 Å². The minimum atomic E-state index is -4.67. The summed E-state index contributed by atoms with van der Waals surface area (Å²) < 4.78 is 40.9. The number of aliphatic hydroxyl groups excluding tert-OH is 1. The van der Waals surface area contributed by atoms with Crippen LogP contribution in [0.15, 0.2) is 0 Å². The Morgan fingerprint density at radius 2 is 1.69 bits per heavy atom. The highest BCUT2D eigenvalue weighted by molar-refractivity contribution is 5.12. The van der Waals surface area contributed by atoms with Crippen LogP contribution >= 0.6 is 0 Å². The van der Waals surface area contributed by atoms with E-state index in [-0.39, 0.29) is 17.8 Å². The van der Waals surface area contributed by atoms with E-state index in [1.54, 1.807) is 0 Å². The summed E-state index contributed by atoms with van der Waals surface area (Å²) in [6.45, 7) is 4.01. The molecule has 2 nitrogen and oxygen atoms in total.